The highest BCUT2D eigenvalue weighted by molar-refractivity contribution is 5.94. The number of benzene rings is 1. The maximum Gasteiger partial charge on any atom is 0.253 e. The fraction of sp³-hybridized carbons (Fsp3) is 0.286. The molecule has 158 valence electrons. The largest absolute Gasteiger partial charge is 0.473 e. The molecular weight excluding hydrogens is 396 g/mol. The number of aliphatic hydroxyl groups is 1. The summed E-state index contributed by atoms with van der Waals surface area (Å²) in [5, 5.41) is 16.1. The lowest BCUT2D eigenvalue weighted by atomic mass is 10.1. The van der Waals surface area contributed by atoms with E-state index in [1.54, 1.807) is 6.07 Å². The van der Waals surface area contributed by atoms with Crippen LogP contribution in [-0.2, 0) is 13.2 Å². The van der Waals surface area contributed by atoms with E-state index in [9.17, 15) is 18.7 Å². The number of aliphatic hydroxyl groups excluding tert-OH is 1. The van der Waals surface area contributed by atoms with E-state index in [1.807, 2.05) is 20.8 Å². The first kappa shape index (κ1) is 21.4. The summed E-state index contributed by atoms with van der Waals surface area (Å²) in [4.78, 5) is 16.3. The lowest BCUT2D eigenvalue weighted by molar-refractivity contribution is 0.0919. The van der Waals surface area contributed by atoms with Crippen molar-refractivity contribution >= 4 is 5.91 Å². The van der Waals surface area contributed by atoms with Gasteiger partial charge in [0.1, 0.15) is 18.9 Å². The fourth-order valence-electron chi connectivity index (χ4n) is 2.65. The molecule has 0 fully saturated rings. The number of amides is 1. The molecule has 3 aromatic rings. The molecule has 3 rings (SSSR count). The number of carbonyl (C=O) groups excluding carboxylic acids is 1. The van der Waals surface area contributed by atoms with Crippen molar-refractivity contribution in [1.82, 2.24) is 15.5 Å². The fourth-order valence-corrected chi connectivity index (χ4v) is 2.65. The van der Waals surface area contributed by atoms with E-state index in [0.29, 0.717) is 11.1 Å². The van der Waals surface area contributed by atoms with Crippen LogP contribution in [0.1, 0.15) is 42.5 Å². The molecule has 0 spiro atoms. The molecule has 0 bridgehead atoms. The van der Waals surface area contributed by atoms with Gasteiger partial charge in [-0.15, -0.1) is 0 Å². The molecule has 0 aliphatic rings. The Morgan fingerprint density at radius 3 is 2.57 bits per heavy atom. The molecule has 0 saturated carbocycles. The van der Waals surface area contributed by atoms with Crippen LogP contribution in [0.15, 0.2) is 41.1 Å². The van der Waals surface area contributed by atoms with Crippen molar-refractivity contribution in [3.05, 3.63) is 65.1 Å². The molecule has 7 nitrogen and oxygen atoms in total. The number of aromatic nitrogens is 2. The smallest absolute Gasteiger partial charge is 0.253 e. The van der Waals surface area contributed by atoms with E-state index < -0.39 is 18.2 Å². The maximum atomic E-state index is 13.6. The van der Waals surface area contributed by atoms with Gasteiger partial charge in [-0.1, -0.05) is 5.16 Å². The average molecular weight is 417 g/mol. The minimum atomic E-state index is -1.03. The van der Waals surface area contributed by atoms with Gasteiger partial charge in [0.2, 0.25) is 5.88 Å². The van der Waals surface area contributed by atoms with Crippen molar-refractivity contribution in [3.8, 4) is 17.1 Å². The number of nitrogens with zero attached hydrogens (tertiary/aromatic N) is 2. The summed E-state index contributed by atoms with van der Waals surface area (Å²) in [5.74, 6) is -1.91. The van der Waals surface area contributed by atoms with Gasteiger partial charge < -0.3 is 19.7 Å². The SMILES string of the molecule is CC(C)(C)NC(=O)c1ccc(OCc2c(-c3ccc(F)c(F)c3)noc2CO)nc1. The van der Waals surface area contributed by atoms with Crippen LogP contribution < -0.4 is 10.1 Å². The van der Waals surface area contributed by atoms with Crippen LogP contribution in [0.4, 0.5) is 8.78 Å². The third kappa shape index (κ3) is 4.98. The summed E-state index contributed by atoms with van der Waals surface area (Å²) in [6, 6.07) is 6.41. The van der Waals surface area contributed by atoms with Crippen molar-refractivity contribution in [2.24, 2.45) is 0 Å². The summed E-state index contributed by atoms with van der Waals surface area (Å²) in [5.41, 5.74) is 0.871. The summed E-state index contributed by atoms with van der Waals surface area (Å²) in [6.45, 7) is 5.08. The maximum absolute atomic E-state index is 13.6. The summed E-state index contributed by atoms with van der Waals surface area (Å²) < 4.78 is 37.5. The summed E-state index contributed by atoms with van der Waals surface area (Å²) >= 11 is 0. The summed E-state index contributed by atoms with van der Waals surface area (Å²) in [6.07, 6.45) is 1.38. The molecule has 0 unspecified atom stereocenters. The van der Waals surface area contributed by atoms with Gasteiger partial charge in [-0.3, -0.25) is 4.79 Å². The molecule has 1 aromatic carbocycles. The minimum absolute atomic E-state index is 0.0890. The van der Waals surface area contributed by atoms with Gasteiger partial charge in [-0.25, -0.2) is 13.8 Å². The van der Waals surface area contributed by atoms with Gasteiger partial charge in [-0.05, 0) is 45.0 Å². The third-order valence-electron chi connectivity index (χ3n) is 4.06. The van der Waals surface area contributed by atoms with E-state index in [-0.39, 0.29) is 41.0 Å². The Kier molecular flexibility index (Phi) is 6.12. The van der Waals surface area contributed by atoms with Crippen molar-refractivity contribution in [2.75, 3.05) is 0 Å². The monoisotopic (exact) mass is 417 g/mol. The first-order valence-corrected chi connectivity index (χ1v) is 9.13. The Labute approximate surface area is 171 Å². The average Bonchev–Trinajstić information content (AvgIpc) is 3.10. The number of hydrogen-bond acceptors (Lipinski definition) is 6. The second-order valence-electron chi connectivity index (χ2n) is 7.60. The van der Waals surface area contributed by atoms with E-state index >= 15 is 0 Å². The molecule has 0 aliphatic carbocycles. The minimum Gasteiger partial charge on any atom is -0.473 e. The first-order chi connectivity index (χ1) is 14.2. The van der Waals surface area contributed by atoms with Crippen LogP contribution in [0.25, 0.3) is 11.3 Å². The van der Waals surface area contributed by atoms with Crippen LogP contribution >= 0.6 is 0 Å². The van der Waals surface area contributed by atoms with E-state index in [4.69, 9.17) is 9.26 Å². The first-order valence-electron chi connectivity index (χ1n) is 9.13. The van der Waals surface area contributed by atoms with Crippen molar-refractivity contribution in [3.63, 3.8) is 0 Å². The molecule has 0 saturated heterocycles. The number of ether oxygens (including phenoxy) is 1. The van der Waals surface area contributed by atoms with Crippen LogP contribution in [0.2, 0.25) is 0 Å². The Morgan fingerprint density at radius 1 is 1.20 bits per heavy atom. The number of hydrogen-bond donors (Lipinski definition) is 2. The van der Waals surface area contributed by atoms with Gasteiger partial charge in [-0.2, -0.15) is 0 Å². The van der Waals surface area contributed by atoms with Crippen molar-refractivity contribution in [2.45, 2.75) is 39.5 Å². The topological polar surface area (TPSA) is 97.5 Å². The zero-order chi connectivity index (χ0) is 21.9. The quantitative estimate of drug-likeness (QED) is 0.636. The van der Waals surface area contributed by atoms with Crippen LogP contribution in [0.5, 0.6) is 5.88 Å². The lowest BCUT2D eigenvalue weighted by Crippen LogP contribution is -2.40. The Balaban J connectivity index is 1.76. The van der Waals surface area contributed by atoms with Crippen molar-refractivity contribution < 1.29 is 27.9 Å². The molecule has 0 atom stereocenters. The van der Waals surface area contributed by atoms with Gasteiger partial charge in [0.05, 0.1) is 11.1 Å². The molecule has 2 aromatic heterocycles. The number of halogens is 2. The van der Waals surface area contributed by atoms with E-state index in [0.717, 1.165) is 12.1 Å². The predicted molar refractivity (Wildman–Crippen MR) is 104 cm³/mol. The number of nitrogens with one attached hydrogen (secondary N) is 1. The molecule has 2 N–H and O–H groups in total. The number of rotatable bonds is 6. The normalized spacial score (nSPS) is 11.4. The predicted octanol–water partition coefficient (Wildman–Crippen LogP) is 3.61. The molecular formula is C21H21F2N3O4. The zero-order valence-corrected chi connectivity index (χ0v) is 16.7. The van der Waals surface area contributed by atoms with Crippen LogP contribution in [0.3, 0.4) is 0 Å². The third-order valence-corrected chi connectivity index (χ3v) is 4.06. The molecule has 30 heavy (non-hydrogen) atoms. The summed E-state index contributed by atoms with van der Waals surface area (Å²) in [7, 11) is 0. The lowest BCUT2D eigenvalue weighted by Gasteiger charge is -2.20. The van der Waals surface area contributed by atoms with Gasteiger partial charge in [0, 0.05) is 23.4 Å². The van der Waals surface area contributed by atoms with Gasteiger partial charge in [0.25, 0.3) is 5.91 Å². The second kappa shape index (κ2) is 8.58. The Bertz CT molecular complexity index is 1040. The van der Waals surface area contributed by atoms with Crippen LogP contribution in [-0.4, -0.2) is 26.7 Å². The highest BCUT2D eigenvalue weighted by Gasteiger charge is 2.20. The number of pyridine rings is 1. The number of carbonyl (C=O) groups is 1. The van der Waals surface area contributed by atoms with Gasteiger partial charge >= 0.3 is 0 Å². The van der Waals surface area contributed by atoms with Gasteiger partial charge in [0.15, 0.2) is 17.4 Å². The van der Waals surface area contributed by atoms with E-state index in [1.165, 1.54) is 18.3 Å². The molecule has 0 aliphatic heterocycles. The zero-order valence-electron chi connectivity index (χ0n) is 16.7. The van der Waals surface area contributed by atoms with E-state index in [2.05, 4.69) is 15.5 Å². The van der Waals surface area contributed by atoms with Crippen molar-refractivity contribution in [1.29, 1.82) is 0 Å². The molecule has 2 heterocycles. The second-order valence-corrected chi connectivity index (χ2v) is 7.60. The Hall–Kier alpha value is -3.33. The highest BCUT2D eigenvalue weighted by Crippen LogP contribution is 2.28. The molecule has 1 amide bonds. The Morgan fingerprint density at radius 2 is 1.97 bits per heavy atom. The standard InChI is InChI=1S/C21H21F2N3O4/c1-21(2,3)25-20(28)13-5-7-18(24-9-13)29-11-14-17(10-27)30-26-19(14)12-4-6-15(22)16(23)8-12/h4-9,27H,10-11H2,1-3H3,(H,25,28). The van der Waals surface area contributed by atoms with Crippen LogP contribution in [0, 0.1) is 11.6 Å². The molecule has 9 heteroatoms. The highest BCUT2D eigenvalue weighted by atomic mass is 19.2. The molecule has 0 radical (unpaired) electrons.